The molecular weight excluding hydrogens is 260 g/mol. The molecule has 0 aliphatic rings. The SMILES string of the molecule is CCCN(CCC)c1ccc([C@@H](O)c2ccccc2)cn1. The Balaban J connectivity index is 2.14. The molecule has 3 nitrogen and oxygen atoms in total. The summed E-state index contributed by atoms with van der Waals surface area (Å²) in [7, 11) is 0. The van der Waals surface area contributed by atoms with E-state index < -0.39 is 6.10 Å². The first kappa shape index (κ1) is 15.5. The topological polar surface area (TPSA) is 36.4 Å². The Hall–Kier alpha value is -1.87. The second-order valence-corrected chi connectivity index (χ2v) is 5.25. The maximum absolute atomic E-state index is 10.4. The van der Waals surface area contributed by atoms with Gasteiger partial charge in [-0.25, -0.2) is 4.98 Å². The van der Waals surface area contributed by atoms with Gasteiger partial charge in [0.15, 0.2) is 0 Å². The molecule has 1 atom stereocenters. The van der Waals surface area contributed by atoms with Crippen molar-refractivity contribution in [2.75, 3.05) is 18.0 Å². The average Bonchev–Trinajstić information content (AvgIpc) is 2.55. The van der Waals surface area contributed by atoms with Crippen LogP contribution < -0.4 is 4.90 Å². The molecule has 0 radical (unpaired) electrons. The minimum atomic E-state index is -0.612. The van der Waals surface area contributed by atoms with Crippen molar-refractivity contribution in [3.8, 4) is 0 Å². The highest BCUT2D eigenvalue weighted by Gasteiger charge is 2.12. The highest BCUT2D eigenvalue weighted by molar-refractivity contribution is 5.41. The maximum atomic E-state index is 10.4. The normalized spacial score (nSPS) is 12.1. The predicted octanol–water partition coefficient (Wildman–Crippen LogP) is 3.79. The van der Waals surface area contributed by atoms with E-state index in [1.54, 1.807) is 6.20 Å². The predicted molar refractivity (Wildman–Crippen MR) is 87.5 cm³/mol. The highest BCUT2D eigenvalue weighted by atomic mass is 16.3. The number of hydrogen-bond donors (Lipinski definition) is 1. The van der Waals surface area contributed by atoms with E-state index in [-0.39, 0.29) is 0 Å². The number of benzene rings is 1. The van der Waals surface area contributed by atoms with Gasteiger partial charge in [0.05, 0.1) is 0 Å². The highest BCUT2D eigenvalue weighted by Crippen LogP contribution is 2.22. The van der Waals surface area contributed by atoms with Crippen molar-refractivity contribution >= 4 is 5.82 Å². The number of aromatic nitrogens is 1. The molecule has 0 aliphatic carbocycles. The Morgan fingerprint density at radius 1 is 0.952 bits per heavy atom. The Morgan fingerprint density at radius 2 is 1.62 bits per heavy atom. The molecule has 1 heterocycles. The molecule has 3 heteroatoms. The average molecular weight is 284 g/mol. The Morgan fingerprint density at radius 3 is 2.14 bits per heavy atom. The molecule has 1 aromatic carbocycles. The molecule has 0 fully saturated rings. The van der Waals surface area contributed by atoms with E-state index in [1.165, 1.54) is 0 Å². The summed E-state index contributed by atoms with van der Waals surface area (Å²) >= 11 is 0. The first-order chi connectivity index (χ1) is 10.3. The summed E-state index contributed by atoms with van der Waals surface area (Å²) in [6.45, 7) is 6.38. The van der Waals surface area contributed by atoms with Crippen molar-refractivity contribution in [3.05, 3.63) is 59.8 Å². The molecule has 112 valence electrons. The minimum Gasteiger partial charge on any atom is -0.384 e. The molecule has 0 aliphatic heterocycles. The molecule has 21 heavy (non-hydrogen) atoms. The standard InChI is InChI=1S/C18H24N2O/c1-3-12-20(13-4-2)17-11-10-16(14-19-17)18(21)15-8-6-5-7-9-15/h5-11,14,18,21H,3-4,12-13H2,1-2H3/t18-/m0/s1. The van der Waals surface area contributed by atoms with Crippen molar-refractivity contribution in [3.63, 3.8) is 0 Å². The van der Waals surface area contributed by atoms with Gasteiger partial charge in [0.2, 0.25) is 0 Å². The Labute approximate surface area is 127 Å². The largest absolute Gasteiger partial charge is 0.384 e. The third-order valence-corrected chi connectivity index (χ3v) is 3.51. The van der Waals surface area contributed by atoms with E-state index in [1.807, 2.05) is 42.5 Å². The maximum Gasteiger partial charge on any atom is 0.128 e. The number of pyridine rings is 1. The lowest BCUT2D eigenvalue weighted by Gasteiger charge is -2.23. The van der Waals surface area contributed by atoms with Crippen LogP contribution in [0, 0.1) is 0 Å². The van der Waals surface area contributed by atoms with Gasteiger partial charge in [0, 0.05) is 24.8 Å². The Kier molecular flexibility index (Phi) is 5.76. The molecule has 0 saturated heterocycles. The van der Waals surface area contributed by atoms with Gasteiger partial charge in [0.1, 0.15) is 11.9 Å². The van der Waals surface area contributed by atoms with E-state index in [9.17, 15) is 5.11 Å². The summed E-state index contributed by atoms with van der Waals surface area (Å²) in [5, 5.41) is 10.4. The van der Waals surface area contributed by atoms with Gasteiger partial charge < -0.3 is 10.0 Å². The Bertz CT molecular complexity index is 519. The van der Waals surface area contributed by atoms with E-state index in [2.05, 4.69) is 23.7 Å². The molecule has 1 N–H and O–H groups in total. The van der Waals surface area contributed by atoms with E-state index in [4.69, 9.17) is 0 Å². The number of hydrogen-bond acceptors (Lipinski definition) is 3. The van der Waals surface area contributed by atoms with Crippen LogP contribution in [0.3, 0.4) is 0 Å². The summed E-state index contributed by atoms with van der Waals surface area (Å²) in [5.41, 5.74) is 1.73. The van der Waals surface area contributed by atoms with Gasteiger partial charge in [0.25, 0.3) is 0 Å². The zero-order chi connectivity index (χ0) is 15.1. The number of aliphatic hydroxyl groups is 1. The lowest BCUT2D eigenvalue weighted by atomic mass is 10.0. The molecule has 2 rings (SSSR count). The van der Waals surface area contributed by atoms with Crippen molar-refractivity contribution in [2.24, 2.45) is 0 Å². The summed E-state index contributed by atoms with van der Waals surface area (Å²) in [6, 6.07) is 13.7. The lowest BCUT2D eigenvalue weighted by Crippen LogP contribution is -2.25. The number of rotatable bonds is 7. The van der Waals surface area contributed by atoms with Gasteiger partial charge in [-0.05, 0) is 24.5 Å². The molecule has 0 amide bonds. The van der Waals surface area contributed by atoms with Gasteiger partial charge in [-0.15, -0.1) is 0 Å². The third-order valence-electron chi connectivity index (χ3n) is 3.51. The lowest BCUT2D eigenvalue weighted by molar-refractivity contribution is 0.220. The summed E-state index contributed by atoms with van der Waals surface area (Å²) in [5.74, 6) is 0.989. The van der Waals surface area contributed by atoms with Crippen LogP contribution in [0.25, 0.3) is 0 Å². The fraction of sp³-hybridized carbons (Fsp3) is 0.389. The molecule has 0 saturated carbocycles. The summed E-state index contributed by atoms with van der Waals surface area (Å²) < 4.78 is 0. The van der Waals surface area contributed by atoms with E-state index >= 15 is 0 Å². The van der Waals surface area contributed by atoms with Crippen LogP contribution in [0.2, 0.25) is 0 Å². The molecule has 0 unspecified atom stereocenters. The van der Waals surface area contributed by atoms with Crippen LogP contribution in [0.4, 0.5) is 5.82 Å². The molecule has 0 bridgehead atoms. The molecule has 0 spiro atoms. The van der Waals surface area contributed by atoms with Crippen LogP contribution >= 0.6 is 0 Å². The van der Waals surface area contributed by atoms with Crippen molar-refractivity contribution in [1.82, 2.24) is 4.98 Å². The fourth-order valence-corrected chi connectivity index (χ4v) is 2.45. The van der Waals surface area contributed by atoms with Crippen molar-refractivity contribution in [1.29, 1.82) is 0 Å². The number of nitrogens with zero attached hydrogens (tertiary/aromatic N) is 2. The molecule has 2 aromatic rings. The monoisotopic (exact) mass is 284 g/mol. The van der Waals surface area contributed by atoms with Crippen LogP contribution in [-0.4, -0.2) is 23.2 Å². The quantitative estimate of drug-likeness (QED) is 0.840. The first-order valence-electron chi connectivity index (χ1n) is 7.70. The summed E-state index contributed by atoms with van der Waals surface area (Å²) in [6.07, 6.45) is 3.39. The zero-order valence-corrected chi connectivity index (χ0v) is 12.9. The number of aliphatic hydroxyl groups excluding tert-OH is 1. The van der Waals surface area contributed by atoms with Crippen LogP contribution in [0.1, 0.15) is 43.9 Å². The van der Waals surface area contributed by atoms with E-state index in [0.717, 1.165) is 42.9 Å². The minimum absolute atomic E-state index is 0.612. The molecule has 1 aromatic heterocycles. The summed E-state index contributed by atoms with van der Waals surface area (Å²) in [4.78, 5) is 6.82. The number of anilines is 1. The second-order valence-electron chi connectivity index (χ2n) is 5.25. The van der Waals surface area contributed by atoms with Gasteiger partial charge in [-0.1, -0.05) is 50.2 Å². The third kappa shape index (κ3) is 4.05. The van der Waals surface area contributed by atoms with Crippen LogP contribution in [0.5, 0.6) is 0 Å². The van der Waals surface area contributed by atoms with Crippen LogP contribution in [-0.2, 0) is 0 Å². The van der Waals surface area contributed by atoms with Crippen LogP contribution in [0.15, 0.2) is 48.7 Å². The second kappa shape index (κ2) is 7.79. The van der Waals surface area contributed by atoms with E-state index in [0.29, 0.717) is 0 Å². The van der Waals surface area contributed by atoms with Crippen molar-refractivity contribution in [2.45, 2.75) is 32.8 Å². The van der Waals surface area contributed by atoms with Gasteiger partial charge in [-0.3, -0.25) is 0 Å². The van der Waals surface area contributed by atoms with Gasteiger partial charge in [-0.2, -0.15) is 0 Å². The fourth-order valence-electron chi connectivity index (χ4n) is 2.45. The smallest absolute Gasteiger partial charge is 0.128 e. The van der Waals surface area contributed by atoms with Gasteiger partial charge >= 0.3 is 0 Å². The first-order valence-corrected chi connectivity index (χ1v) is 7.70. The molecular formula is C18H24N2O. The zero-order valence-electron chi connectivity index (χ0n) is 12.9. The van der Waals surface area contributed by atoms with Crippen molar-refractivity contribution < 1.29 is 5.11 Å².